The molecule has 1 aromatic heterocycles. The molecule has 0 saturated carbocycles. The molecule has 0 aliphatic carbocycles. The van der Waals surface area contributed by atoms with Crippen molar-refractivity contribution < 1.29 is 19.1 Å². The van der Waals surface area contributed by atoms with Gasteiger partial charge in [-0.15, -0.1) is 11.8 Å². The summed E-state index contributed by atoms with van der Waals surface area (Å²) >= 11 is 1.50. The summed E-state index contributed by atoms with van der Waals surface area (Å²) in [4.78, 5) is 43.2. The number of nitrogens with zero attached hydrogens (tertiary/aromatic N) is 3. The minimum absolute atomic E-state index is 0.236. The van der Waals surface area contributed by atoms with E-state index in [1.807, 2.05) is 30.3 Å². The minimum atomic E-state index is -0.720. The van der Waals surface area contributed by atoms with Crippen molar-refractivity contribution in [2.45, 2.75) is 37.8 Å². The van der Waals surface area contributed by atoms with Crippen LogP contribution in [0.1, 0.15) is 31.7 Å². The number of carbonyl (C=O) groups excluding carboxylic acids is 3. The van der Waals surface area contributed by atoms with Crippen molar-refractivity contribution in [1.29, 1.82) is 0 Å². The van der Waals surface area contributed by atoms with Crippen LogP contribution < -0.4 is 5.32 Å². The summed E-state index contributed by atoms with van der Waals surface area (Å²) < 4.78 is 6.77. The molecule has 1 saturated heterocycles. The Bertz CT molecular complexity index is 864. The van der Waals surface area contributed by atoms with Gasteiger partial charge < -0.3 is 15.0 Å². The number of benzene rings is 1. The predicted molar refractivity (Wildman–Crippen MR) is 109 cm³/mol. The molecule has 1 aromatic carbocycles. The molecule has 1 aliphatic rings. The van der Waals surface area contributed by atoms with Gasteiger partial charge >= 0.3 is 12.0 Å². The zero-order valence-electron chi connectivity index (χ0n) is 16.6. The van der Waals surface area contributed by atoms with Crippen LogP contribution in [0.3, 0.4) is 0 Å². The van der Waals surface area contributed by atoms with Gasteiger partial charge in [-0.05, 0) is 26.3 Å². The number of esters is 1. The second-order valence-corrected chi connectivity index (χ2v) is 8.69. The van der Waals surface area contributed by atoms with Gasteiger partial charge in [0.1, 0.15) is 23.3 Å². The van der Waals surface area contributed by atoms with E-state index in [0.717, 1.165) is 5.56 Å². The molecule has 0 unspecified atom stereocenters. The van der Waals surface area contributed by atoms with Crippen molar-refractivity contribution in [1.82, 2.24) is 19.8 Å². The average molecular weight is 417 g/mol. The van der Waals surface area contributed by atoms with Crippen LogP contribution >= 0.6 is 11.8 Å². The molecule has 1 N–H and O–H groups in total. The van der Waals surface area contributed by atoms with Crippen LogP contribution in [0.2, 0.25) is 0 Å². The Morgan fingerprint density at radius 2 is 1.97 bits per heavy atom. The highest BCUT2D eigenvalue weighted by Gasteiger charge is 2.43. The Balaban J connectivity index is 1.78. The number of rotatable bonds is 4. The lowest BCUT2D eigenvalue weighted by Gasteiger charge is -2.30. The Morgan fingerprint density at radius 1 is 1.24 bits per heavy atom. The average Bonchev–Trinajstić information content (AvgIpc) is 3.35. The first kappa shape index (κ1) is 20.9. The van der Waals surface area contributed by atoms with Crippen molar-refractivity contribution in [2.75, 3.05) is 12.3 Å². The molecule has 9 heteroatoms. The summed E-state index contributed by atoms with van der Waals surface area (Å²) in [5, 5.41) is 2.25. The molecule has 29 heavy (non-hydrogen) atoms. The number of ether oxygens (including phenoxy) is 1. The van der Waals surface area contributed by atoms with Crippen molar-refractivity contribution in [2.24, 2.45) is 0 Å². The number of carbonyl (C=O) groups is 3. The molecule has 1 aliphatic heterocycles. The summed E-state index contributed by atoms with van der Waals surface area (Å²) in [6.45, 7) is 5.14. The van der Waals surface area contributed by atoms with E-state index in [0.29, 0.717) is 5.75 Å². The van der Waals surface area contributed by atoms with E-state index >= 15 is 0 Å². The second-order valence-electron chi connectivity index (χ2n) is 7.58. The van der Waals surface area contributed by atoms with Gasteiger partial charge in [0.15, 0.2) is 0 Å². The maximum atomic E-state index is 13.0. The number of imidazole rings is 1. The summed E-state index contributed by atoms with van der Waals surface area (Å²) in [5.74, 6) is -0.374. The molecule has 0 bridgehead atoms. The van der Waals surface area contributed by atoms with Crippen LogP contribution in [-0.2, 0) is 14.3 Å². The van der Waals surface area contributed by atoms with Crippen molar-refractivity contribution >= 4 is 29.7 Å². The van der Waals surface area contributed by atoms with Crippen LogP contribution in [0.25, 0.3) is 0 Å². The molecule has 2 amide bonds. The quantitative estimate of drug-likeness (QED) is 0.770. The summed E-state index contributed by atoms with van der Waals surface area (Å²) in [6, 6.07) is 8.32. The van der Waals surface area contributed by atoms with E-state index in [1.165, 1.54) is 39.9 Å². The third kappa shape index (κ3) is 5.17. The Hall–Kier alpha value is -2.81. The van der Waals surface area contributed by atoms with Crippen molar-refractivity contribution in [3.63, 3.8) is 0 Å². The van der Waals surface area contributed by atoms with E-state index < -0.39 is 23.6 Å². The third-order valence-corrected chi connectivity index (χ3v) is 5.50. The van der Waals surface area contributed by atoms with Crippen LogP contribution in [0.4, 0.5) is 4.79 Å². The molecule has 1 fully saturated rings. The van der Waals surface area contributed by atoms with Crippen molar-refractivity contribution in [3.8, 4) is 0 Å². The summed E-state index contributed by atoms with van der Waals surface area (Å²) in [5.41, 5.74) is 0.259. The summed E-state index contributed by atoms with van der Waals surface area (Å²) in [6.07, 6.45) is 4.31. The first-order chi connectivity index (χ1) is 13.8. The van der Waals surface area contributed by atoms with E-state index in [2.05, 4.69) is 10.3 Å². The predicted octanol–water partition coefficient (Wildman–Crippen LogP) is 2.43. The van der Waals surface area contributed by atoms with E-state index in [1.54, 1.807) is 20.8 Å². The standard InChI is InChI=1S/C20H24N4O4S/c1-20(2,3)28-18(26)15-12-29-17(14-7-5-4-6-8-14)24(15)16(25)11-22-19(27)23-10-9-21-13-23/h4-10,13,15,17H,11-12H2,1-3H3,(H,22,27)/t15-,17+/m0/s1. The normalized spacial score (nSPS) is 19.1. The molecular weight excluding hydrogens is 392 g/mol. The van der Waals surface area contributed by atoms with Gasteiger partial charge in [-0.1, -0.05) is 30.3 Å². The van der Waals surface area contributed by atoms with Gasteiger partial charge in [0.05, 0.1) is 6.54 Å². The molecule has 8 nitrogen and oxygen atoms in total. The van der Waals surface area contributed by atoms with Gasteiger partial charge in [0.2, 0.25) is 5.91 Å². The largest absolute Gasteiger partial charge is 0.458 e. The highest BCUT2D eigenvalue weighted by Crippen LogP contribution is 2.41. The number of aromatic nitrogens is 2. The fraction of sp³-hybridized carbons (Fsp3) is 0.400. The Labute approximate surface area is 173 Å². The topological polar surface area (TPSA) is 93.5 Å². The molecule has 0 spiro atoms. The molecular formula is C20H24N4O4S. The fourth-order valence-electron chi connectivity index (χ4n) is 2.95. The van der Waals surface area contributed by atoms with Gasteiger partial charge in [0.25, 0.3) is 0 Å². The highest BCUT2D eigenvalue weighted by atomic mass is 32.2. The number of hydrogen-bond donors (Lipinski definition) is 1. The lowest BCUT2D eigenvalue weighted by molar-refractivity contribution is -0.163. The zero-order chi connectivity index (χ0) is 21.0. The number of thioether (sulfide) groups is 1. The monoisotopic (exact) mass is 416 g/mol. The second kappa shape index (κ2) is 8.69. The molecule has 0 radical (unpaired) electrons. The smallest absolute Gasteiger partial charge is 0.330 e. The molecule has 2 heterocycles. The van der Waals surface area contributed by atoms with E-state index in [4.69, 9.17) is 4.74 Å². The van der Waals surface area contributed by atoms with Crippen LogP contribution in [0, 0.1) is 0 Å². The first-order valence-corrected chi connectivity index (χ1v) is 10.3. The number of hydrogen-bond acceptors (Lipinski definition) is 6. The molecule has 3 rings (SSSR count). The van der Waals surface area contributed by atoms with Crippen LogP contribution in [0.15, 0.2) is 49.1 Å². The lowest BCUT2D eigenvalue weighted by Crippen LogP contribution is -2.49. The molecule has 2 atom stereocenters. The third-order valence-electron chi connectivity index (χ3n) is 4.18. The van der Waals surface area contributed by atoms with E-state index in [-0.39, 0.29) is 17.8 Å². The maximum absolute atomic E-state index is 13.0. The SMILES string of the molecule is CC(C)(C)OC(=O)[C@@H]1CS[C@H](c2ccccc2)N1C(=O)CNC(=O)n1ccnc1. The maximum Gasteiger partial charge on any atom is 0.330 e. The summed E-state index contributed by atoms with van der Waals surface area (Å²) in [7, 11) is 0. The van der Waals surface area contributed by atoms with Crippen molar-refractivity contribution in [3.05, 3.63) is 54.6 Å². The molecule has 2 aromatic rings. The van der Waals surface area contributed by atoms with Crippen LogP contribution in [0.5, 0.6) is 0 Å². The van der Waals surface area contributed by atoms with Gasteiger partial charge in [-0.2, -0.15) is 0 Å². The van der Waals surface area contributed by atoms with E-state index in [9.17, 15) is 14.4 Å². The number of amides is 2. The highest BCUT2D eigenvalue weighted by molar-refractivity contribution is 7.99. The van der Waals surface area contributed by atoms with Gasteiger partial charge in [-0.3, -0.25) is 9.36 Å². The van der Waals surface area contributed by atoms with Crippen LogP contribution in [-0.4, -0.2) is 56.3 Å². The molecule has 154 valence electrons. The zero-order valence-corrected chi connectivity index (χ0v) is 17.4. The fourth-order valence-corrected chi connectivity index (χ4v) is 4.39. The Kier molecular flexibility index (Phi) is 6.26. The lowest BCUT2D eigenvalue weighted by atomic mass is 10.1. The number of nitrogens with one attached hydrogen (secondary N) is 1. The Morgan fingerprint density at radius 3 is 2.59 bits per heavy atom. The minimum Gasteiger partial charge on any atom is -0.458 e. The first-order valence-electron chi connectivity index (χ1n) is 9.23. The van der Waals surface area contributed by atoms with Gasteiger partial charge in [0, 0.05) is 18.1 Å². The van der Waals surface area contributed by atoms with Gasteiger partial charge in [-0.25, -0.2) is 14.6 Å².